The van der Waals surface area contributed by atoms with Crippen LogP contribution in [0.2, 0.25) is 0 Å². The molecule has 0 fully saturated rings. The number of hydrogen-bond acceptors (Lipinski definition) is 2. The molecule has 0 radical (unpaired) electrons. The predicted octanol–water partition coefficient (Wildman–Crippen LogP) is 2.93. The van der Waals surface area contributed by atoms with Gasteiger partial charge < -0.3 is 0 Å². The lowest BCUT2D eigenvalue weighted by Crippen LogP contribution is -2.27. The Hall–Kier alpha value is -0.840. The van der Waals surface area contributed by atoms with Crippen LogP contribution >= 0.6 is 0 Å². The van der Waals surface area contributed by atoms with Crippen molar-refractivity contribution >= 4 is 5.78 Å². The summed E-state index contributed by atoms with van der Waals surface area (Å²) in [6.45, 7) is 7.85. The van der Waals surface area contributed by atoms with Crippen LogP contribution in [0.1, 0.15) is 47.0 Å². The van der Waals surface area contributed by atoms with Crippen LogP contribution in [0.4, 0.5) is 0 Å². The van der Waals surface area contributed by atoms with E-state index in [1.807, 2.05) is 27.7 Å². The number of carbonyl (C=O) groups excluding carboxylic acids is 1. The summed E-state index contributed by atoms with van der Waals surface area (Å²) in [5.41, 5.74) is -0.223. The van der Waals surface area contributed by atoms with E-state index >= 15 is 0 Å². The normalized spacial score (nSPS) is 13.5. The van der Waals surface area contributed by atoms with E-state index in [4.69, 9.17) is 5.26 Å². The van der Waals surface area contributed by atoms with Gasteiger partial charge in [0.1, 0.15) is 5.92 Å². The summed E-state index contributed by atoms with van der Waals surface area (Å²) < 4.78 is 0. The number of Topliss-reactive ketones (excluding diaryl/α,β-unsaturated/α-hetero) is 1. The van der Waals surface area contributed by atoms with Gasteiger partial charge in [0, 0.05) is 6.42 Å². The van der Waals surface area contributed by atoms with Crippen molar-refractivity contribution in [2.75, 3.05) is 0 Å². The Labute approximate surface area is 80.9 Å². The van der Waals surface area contributed by atoms with Gasteiger partial charge >= 0.3 is 0 Å². The van der Waals surface area contributed by atoms with E-state index in [0.717, 1.165) is 12.8 Å². The summed E-state index contributed by atoms with van der Waals surface area (Å²) in [5, 5.41) is 8.86. The van der Waals surface area contributed by atoms with Crippen LogP contribution in [0.15, 0.2) is 0 Å². The first-order chi connectivity index (χ1) is 5.93. The fourth-order valence-corrected chi connectivity index (χ4v) is 1.24. The van der Waals surface area contributed by atoms with Gasteiger partial charge in [-0.05, 0) is 11.8 Å². The first-order valence-electron chi connectivity index (χ1n) is 4.85. The zero-order chi connectivity index (χ0) is 10.5. The van der Waals surface area contributed by atoms with Gasteiger partial charge in [-0.3, -0.25) is 4.79 Å². The molecule has 0 aliphatic carbocycles. The maximum atomic E-state index is 11.6. The van der Waals surface area contributed by atoms with Gasteiger partial charge in [0.25, 0.3) is 0 Å². The molecule has 0 aromatic heterocycles. The zero-order valence-electron chi connectivity index (χ0n) is 9.05. The largest absolute Gasteiger partial charge is 0.298 e. The number of rotatable bonds is 4. The highest BCUT2D eigenvalue weighted by molar-refractivity contribution is 5.83. The minimum Gasteiger partial charge on any atom is -0.298 e. The van der Waals surface area contributed by atoms with Gasteiger partial charge in [-0.2, -0.15) is 5.26 Å². The molecule has 0 aromatic rings. The third kappa shape index (κ3) is 4.07. The number of unbranched alkanes of at least 4 members (excludes halogenated alkanes) is 1. The van der Waals surface area contributed by atoms with E-state index in [9.17, 15) is 4.79 Å². The molecule has 0 rings (SSSR count). The summed E-state index contributed by atoms with van der Waals surface area (Å²) in [7, 11) is 0. The monoisotopic (exact) mass is 181 g/mol. The van der Waals surface area contributed by atoms with Crippen LogP contribution in [0.5, 0.6) is 0 Å². The number of hydrogen-bond donors (Lipinski definition) is 0. The van der Waals surface area contributed by atoms with Crippen molar-refractivity contribution in [1.82, 2.24) is 0 Å². The molecule has 1 unspecified atom stereocenters. The number of nitrogens with zero attached hydrogens (tertiary/aromatic N) is 1. The molecule has 0 aliphatic rings. The molecular formula is C11H19NO. The third-order valence-electron chi connectivity index (χ3n) is 2.09. The molecule has 0 spiro atoms. The SMILES string of the molecule is CCCCC(=O)C(C#N)C(C)(C)C. The van der Waals surface area contributed by atoms with Gasteiger partial charge in [-0.25, -0.2) is 0 Å². The number of nitriles is 1. The van der Waals surface area contributed by atoms with Gasteiger partial charge in [-0.1, -0.05) is 34.1 Å². The van der Waals surface area contributed by atoms with Crippen LogP contribution in [-0.2, 0) is 4.79 Å². The summed E-state index contributed by atoms with van der Waals surface area (Å²) in [4.78, 5) is 11.6. The molecule has 0 bridgehead atoms. The highest BCUT2D eigenvalue weighted by atomic mass is 16.1. The van der Waals surface area contributed by atoms with Crippen molar-refractivity contribution in [3.05, 3.63) is 0 Å². The average molecular weight is 181 g/mol. The van der Waals surface area contributed by atoms with Crippen molar-refractivity contribution in [2.45, 2.75) is 47.0 Å². The molecule has 0 N–H and O–H groups in total. The van der Waals surface area contributed by atoms with E-state index < -0.39 is 5.92 Å². The summed E-state index contributed by atoms with van der Waals surface area (Å²) in [5.74, 6) is -0.351. The molecule has 0 aliphatic heterocycles. The average Bonchev–Trinajstić information content (AvgIpc) is 1.99. The van der Waals surface area contributed by atoms with Crippen molar-refractivity contribution in [3.63, 3.8) is 0 Å². The van der Waals surface area contributed by atoms with Crippen molar-refractivity contribution in [2.24, 2.45) is 11.3 Å². The Kier molecular flexibility index (Phi) is 4.69. The van der Waals surface area contributed by atoms with Crippen LogP contribution < -0.4 is 0 Å². The van der Waals surface area contributed by atoms with Crippen molar-refractivity contribution in [1.29, 1.82) is 5.26 Å². The van der Waals surface area contributed by atoms with Crippen LogP contribution in [-0.4, -0.2) is 5.78 Å². The summed E-state index contributed by atoms with van der Waals surface area (Å²) >= 11 is 0. The van der Waals surface area contributed by atoms with Crippen LogP contribution in [0.25, 0.3) is 0 Å². The first-order valence-corrected chi connectivity index (χ1v) is 4.85. The quantitative estimate of drug-likeness (QED) is 0.669. The summed E-state index contributed by atoms with van der Waals surface area (Å²) in [6.07, 6.45) is 2.45. The molecule has 1 atom stereocenters. The standard InChI is InChI=1S/C11H19NO/c1-5-6-7-10(13)9(8-12)11(2,3)4/h9H,5-7H2,1-4H3. The van der Waals surface area contributed by atoms with E-state index in [1.165, 1.54) is 0 Å². The molecule has 0 saturated heterocycles. The number of ketones is 1. The Bertz CT molecular complexity index is 207. The van der Waals surface area contributed by atoms with Gasteiger partial charge in [0.05, 0.1) is 6.07 Å². The van der Waals surface area contributed by atoms with Gasteiger partial charge in [0.2, 0.25) is 0 Å². The second-order valence-corrected chi connectivity index (χ2v) is 4.50. The highest BCUT2D eigenvalue weighted by Crippen LogP contribution is 2.27. The molecule has 0 amide bonds. The highest BCUT2D eigenvalue weighted by Gasteiger charge is 2.30. The molecule has 0 heterocycles. The first kappa shape index (κ1) is 12.2. The third-order valence-corrected chi connectivity index (χ3v) is 2.09. The molecule has 74 valence electrons. The second kappa shape index (κ2) is 5.01. The molecule has 2 heteroatoms. The molecule has 2 nitrogen and oxygen atoms in total. The maximum absolute atomic E-state index is 11.6. The van der Waals surface area contributed by atoms with E-state index in [0.29, 0.717) is 6.42 Å². The Morgan fingerprint density at radius 3 is 2.31 bits per heavy atom. The summed E-state index contributed by atoms with van der Waals surface area (Å²) in [6, 6.07) is 2.10. The minimum absolute atomic E-state index is 0.0943. The molecular weight excluding hydrogens is 162 g/mol. The predicted molar refractivity (Wildman–Crippen MR) is 53.1 cm³/mol. The van der Waals surface area contributed by atoms with Gasteiger partial charge in [0.15, 0.2) is 5.78 Å². The topological polar surface area (TPSA) is 40.9 Å². The molecule has 0 aromatic carbocycles. The van der Waals surface area contributed by atoms with Crippen LogP contribution in [0, 0.1) is 22.7 Å². The Morgan fingerprint density at radius 1 is 1.46 bits per heavy atom. The fourth-order valence-electron chi connectivity index (χ4n) is 1.24. The lowest BCUT2D eigenvalue weighted by molar-refractivity contribution is -0.123. The van der Waals surface area contributed by atoms with E-state index in [-0.39, 0.29) is 11.2 Å². The van der Waals surface area contributed by atoms with E-state index in [1.54, 1.807) is 0 Å². The fraction of sp³-hybridized carbons (Fsp3) is 0.818. The van der Waals surface area contributed by atoms with Crippen molar-refractivity contribution in [3.8, 4) is 6.07 Å². The molecule has 0 saturated carbocycles. The Balaban J connectivity index is 4.27. The van der Waals surface area contributed by atoms with Gasteiger partial charge in [-0.15, -0.1) is 0 Å². The smallest absolute Gasteiger partial charge is 0.150 e. The second-order valence-electron chi connectivity index (χ2n) is 4.50. The minimum atomic E-state index is -0.445. The van der Waals surface area contributed by atoms with Crippen LogP contribution in [0.3, 0.4) is 0 Å². The van der Waals surface area contributed by atoms with E-state index in [2.05, 4.69) is 6.07 Å². The number of carbonyl (C=O) groups is 1. The zero-order valence-corrected chi connectivity index (χ0v) is 9.05. The maximum Gasteiger partial charge on any atom is 0.150 e. The Morgan fingerprint density at radius 2 is 2.00 bits per heavy atom. The molecule has 13 heavy (non-hydrogen) atoms. The van der Waals surface area contributed by atoms with Crippen molar-refractivity contribution < 1.29 is 4.79 Å². The lowest BCUT2D eigenvalue weighted by Gasteiger charge is -2.23. The lowest BCUT2D eigenvalue weighted by atomic mass is 9.78.